The first-order valence-electron chi connectivity index (χ1n) is 7.54. The van der Waals surface area contributed by atoms with E-state index in [1.54, 1.807) is 19.5 Å². The minimum absolute atomic E-state index is 0. The number of nitrogens with one attached hydrogen (secondary N) is 1. The van der Waals surface area contributed by atoms with Gasteiger partial charge in [0.15, 0.2) is 0 Å². The largest absolute Gasteiger partial charge is 0.497 e. The van der Waals surface area contributed by atoms with Crippen molar-refractivity contribution in [3.8, 4) is 22.9 Å². The van der Waals surface area contributed by atoms with Crippen LogP contribution in [-0.4, -0.2) is 27.5 Å². The van der Waals surface area contributed by atoms with Gasteiger partial charge in [-0.05, 0) is 24.6 Å². The molecule has 0 aliphatic heterocycles. The smallest absolute Gasteiger partial charge is 0.142 e. The fourth-order valence-corrected chi connectivity index (χ4v) is 2.73. The van der Waals surface area contributed by atoms with Crippen LogP contribution in [0.25, 0.3) is 22.4 Å². The summed E-state index contributed by atoms with van der Waals surface area (Å²) in [4.78, 5) is 12.0. The van der Waals surface area contributed by atoms with E-state index in [0.717, 1.165) is 41.0 Å². The third kappa shape index (κ3) is 3.94. The standard InChI is InChI=1S/C17H19N3O2S.ClH/c1-3-4-16(23)22-15-9-11(21-2)5-6-12(15)17-19-13-7-8-18-10-14(13)20-17;/h5-10,16,23H,3-4H2,1-2H3,(H,19,20);1H. The monoisotopic (exact) mass is 365 g/mol. The van der Waals surface area contributed by atoms with Crippen molar-refractivity contribution < 1.29 is 9.47 Å². The van der Waals surface area contributed by atoms with Crippen LogP contribution in [-0.2, 0) is 0 Å². The van der Waals surface area contributed by atoms with E-state index >= 15 is 0 Å². The van der Waals surface area contributed by atoms with Gasteiger partial charge in [0.05, 0.1) is 24.4 Å². The van der Waals surface area contributed by atoms with Crippen molar-refractivity contribution in [1.82, 2.24) is 15.0 Å². The number of thiol groups is 1. The molecule has 2 aromatic heterocycles. The zero-order valence-corrected chi connectivity index (χ0v) is 15.2. The molecule has 0 saturated carbocycles. The molecule has 1 unspecified atom stereocenters. The number of aromatic amines is 1. The summed E-state index contributed by atoms with van der Waals surface area (Å²) in [5.74, 6) is 2.17. The molecule has 0 fully saturated rings. The molecule has 0 aliphatic carbocycles. The third-order valence-electron chi connectivity index (χ3n) is 3.53. The number of hydrogen-bond acceptors (Lipinski definition) is 5. The number of imidazole rings is 1. The van der Waals surface area contributed by atoms with Gasteiger partial charge in [-0.1, -0.05) is 13.3 Å². The number of benzene rings is 1. The van der Waals surface area contributed by atoms with Crippen LogP contribution in [0.2, 0.25) is 0 Å². The summed E-state index contributed by atoms with van der Waals surface area (Å²) >= 11 is 4.49. The van der Waals surface area contributed by atoms with E-state index < -0.39 is 0 Å². The molecule has 1 atom stereocenters. The first-order chi connectivity index (χ1) is 11.2. The highest BCUT2D eigenvalue weighted by Gasteiger charge is 2.15. The second kappa shape index (κ2) is 8.26. The first-order valence-corrected chi connectivity index (χ1v) is 8.05. The van der Waals surface area contributed by atoms with E-state index in [1.165, 1.54) is 0 Å². The molecule has 7 heteroatoms. The fourth-order valence-electron chi connectivity index (χ4n) is 2.36. The molecule has 1 aromatic carbocycles. The van der Waals surface area contributed by atoms with Crippen LogP contribution in [0, 0.1) is 0 Å². The minimum Gasteiger partial charge on any atom is -0.497 e. The maximum Gasteiger partial charge on any atom is 0.142 e. The van der Waals surface area contributed by atoms with Crippen LogP contribution in [0.5, 0.6) is 11.5 Å². The lowest BCUT2D eigenvalue weighted by Gasteiger charge is -2.16. The van der Waals surface area contributed by atoms with Crippen molar-refractivity contribution in [2.24, 2.45) is 0 Å². The first kappa shape index (κ1) is 18.4. The number of rotatable bonds is 6. The van der Waals surface area contributed by atoms with Crippen LogP contribution < -0.4 is 9.47 Å². The Morgan fingerprint density at radius 2 is 2.12 bits per heavy atom. The molecular formula is C17H20ClN3O2S. The molecule has 1 N–H and O–H groups in total. The number of aromatic nitrogens is 3. The van der Waals surface area contributed by atoms with Gasteiger partial charge in [-0.25, -0.2) is 4.98 Å². The van der Waals surface area contributed by atoms with E-state index in [1.807, 2.05) is 24.3 Å². The van der Waals surface area contributed by atoms with Gasteiger partial charge in [-0.3, -0.25) is 4.98 Å². The Labute approximate surface area is 152 Å². The number of nitrogens with zero attached hydrogens (tertiary/aromatic N) is 2. The van der Waals surface area contributed by atoms with Gasteiger partial charge >= 0.3 is 0 Å². The molecule has 2 heterocycles. The highest BCUT2D eigenvalue weighted by atomic mass is 35.5. The number of pyridine rings is 1. The van der Waals surface area contributed by atoms with Crippen molar-refractivity contribution in [3.05, 3.63) is 36.7 Å². The third-order valence-corrected chi connectivity index (χ3v) is 3.89. The zero-order valence-electron chi connectivity index (χ0n) is 13.5. The molecule has 128 valence electrons. The Hall–Kier alpha value is -1.92. The number of methoxy groups -OCH3 is 1. The Morgan fingerprint density at radius 3 is 2.83 bits per heavy atom. The Morgan fingerprint density at radius 1 is 1.29 bits per heavy atom. The lowest BCUT2D eigenvalue weighted by molar-refractivity contribution is 0.277. The summed E-state index contributed by atoms with van der Waals surface area (Å²) in [5, 5.41) is 0. The second-order valence-corrected chi connectivity index (χ2v) is 5.78. The molecule has 3 aromatic rings. The van der Waals surface area contributed by atoms with Crippen molar-refractivity contribution in [2.45, 2.75) is 25.2 Å². The molecule has 24 heavy (non-hydrogen) atoms. The quantitative estimate of drug-likeness (QED) is 0.499. The zero-order chi connectivity index (χ0) is 16.2. The number of ether oxygens (including phenoxy) is 2. The van der Waals surface area contributed by atoms with Gasteiger partial charge in [0.25, 0.3) is 0 Å². The summed E-state index contributed by atoms with van der Waals surface area (Å²) < 4.78 is 11.3. The molecule has 0 spiro atoms. The van der Waals surface area contributed by atoms with E-state index in [-0.39, 0.29) is 17.8 Å². The molecular weight excluding hydrogens is 346 g/mol. The minimum atomic E-state index is -0.170. The lowest BCUT2D eigenvalue weighted by atomic mass is 10.2. The molecule has 0 saturated heterocycles. The second-order valence-electron chi connectivity index (χ2n) is 5.20. The van der Waals surface area contributed by atoms with Crippen LogP contribution in [0.4, 0.5) is 0 Å². The molecule has 3 rings (SSSR count). The van der Waals surface area contributed by atoms with Gasteiger partial charge < -0.3 is 14.5 Å². The van der Waals surface area contributed by atoms with Crippen LogP contribution in [0.1, 0.15) is 19.8 Å². The fraction of sp³-hybridized carbons (Fsp3) is 0.294. The van der Waals surface area contributed by atoms with E-state index in [9.17, 15) is 0 Å². The van der Waals surface area contributed by atoms with Crippen LogP contribution >= 0.6 is 25.0 Å². The van der Waals surface area contributed by atoms with E-state index in [2.05, 4.69) is 34.5 Å². The van der Waals surface area contributed by atoms with Gasteiger partial charge in [0.1, 0.15) is 28.3 Å². The summed E-state index contributed by atoms with van der Waals surface area (Å²) in [6, 6.07) is 7.58. The highest BCUT2D eigenvalue weighted by Crippen LogP contribution is 2.34. The van der Waals surface area contributed by atoms with Gasteiger partial charge in [0.2, 0.25) is 0 Å². The summed E-state index contributed by atoms with van der Waals surface area (Å²) in [5.41, 5.74) is 2.46. The summed E-state index contributed by atoms with van der Waals surface area (Å²) in [6.45, 7) is 2.10. The van der Waals surface area contributed by atoms with Crippen molar-refractivity contribution in [1.29, 1.82) is 0 Å². The Bertz CT molecular complexity index is 776. The Kier molecular flexibility index (Phi) is 6.34. The normalized spacial score (nSPS) is 11.8. The van der Waals surface area contributed by atoms with Crippen molar-refractivity contribution in [3.63, 3.8) is 0 Å². The number of hydrogen-bond donors (Lipinski definition) is 2. The van der Waals surface area contributed by atoms with Gasteiger partial charge in [0, 0.05) is 12.3 Å². The molecule has 0 radical (unpaired) electrons. The lowest BCUT2D eigenvalue weighted by Crippen LogP contribution is -2.09. The SMILES string of the molecule is CCCC(S)Oc1cc(OC)ccc1-c1nc2cnccc2[nH]1.Cl. The summed E-state index contributed by atoms with van der Waals surface area (Å²) in [6.07, 6.45) is 5.34. The van der Waals surface area contributed by atoms with Crippen LogP contribution in [0.3, 0.4) is 0 Å². The van der Waals surface area contributed by atoms with Crippen molar-refractivity contribution >= 4 is 36.1 Å². The maximum absolute atomic E-state index is 5.99. The molecule has 0 bridgehead atoms. The van der Waals surface area contributed by atoms with Crippen LogP contribution in [0.15, 0.2) is 36.7 Å². The highest BCUT2D eigenvalue weighted by molar-refractivity contribution is 7.80. The van der Waals surface area contributed by atoms with Crippen molar-refractivity contribution in [2.75, 3.05) is 7.11 Å². The average molecular weight is 366 g/mol. The number of halogens is 1. The van der Waals surface area contributed by atoms with Gasteiger partial charge in [-0.2, -0.15) is 0 Å². The average Bonchev–Trinajstić information content (AvgIpc) is 2.98. The topological polar surface area (TPSA) is 60.0 Å². The maximum atomic E-state index is 5.99. The predicted octanol–water partition coefficient (Wildman–Crippen LogP) is 4.49. The van der Waals surface area contributed by atoms with Gasteiger partial charge in [-0.15, -0.1) is 25.0 Å². The Balaban J connectivity index is 0.00000208. The van der Waals surface area contributed by atoms with E-state index in [0.29, 0.717) is 5.75 Å². The molecule has 5 nitrogen and oxygen atoms in total. The molecule has 0 amide bonds. The van der Waals surface area contributed by atoms with E-state index in [4.69, 9.17) is 9.47 Å². The summed E-state index contributed by atoms with van der Waals surface area (Å²) in [7, 11) is 1.63. The molecule has 0 aliphatic rings. The number of fused-ring (bicyclic) bond motifs is 1. The predicted molar refractivity (Wildman–Crippen MR) is 101 cm³/mol. The number of H-pyrrole nitrogens is 1.